The van der Waals surface area contributed by atoms with E-state index in [9.17, 15) is 9.90 Å². The van der Waals surface area contributed by atoms with Gasteiger partial charge in [-0.1, -0.05) is 25.7 Å². The number of aliphatic hydroxyl groups is 1. The van der Waals surface area contributed by atoms with E-state index in [2.05, 4.69) is 0 Å². The normalized spacial score (nSPS) is 34.1. The highest BCUT2D eigenvalue weighted by molar-refractivity contribution is 5.78. The Balaban J connectivity index is 1.64. The number of amides is 1. The monoisotopic (exact) mass is 267 g/mol. The van der Waals surface area contributed by atoms with Gasteiger partial charge in [0.25, 0.3) is 0 Å². The molecular weight excluding hydrogens is 242 g/mol. The highest BCUT2D eigenvalue weighted by Gasteiger charge is 2.40. The van der Waals surface area contributed by atoms with E-state index in [4.69, 9.17) is 4.74 Å². The highest BCUT2D eigenvalue weighted by Crippen LogP contribution is 2.34. The summed E-state index contributed by atoms with van der Waals surface area (Å²) in [6, 6.07) is 0.264. The number of fused-ring (bicyclic) bond motifs is 1. The molecule has 1 heterocycles. The second kappa shape index (κ2) is 5.41. The molecule has 2 unspecified atom stereocenters. The molecule has 3 rings (SSSR count). The molecular formula is C15H25NO3. The van der Waals surface area contributed by atoms with Gasteiger partial charge >= 0.3 is 0 Å². The summed E-state index contributed by atoms with van der Waals surface area (Å²) in [4.78, 5) is 14.5. The quantitative estimate of drug-likeness (QED) is 0.830. The molecule has 0 aromatic heterocycles. The zero-order valence-corrected chi connectivity index (χ0v) is 11.6. The smallest absolute Gasteiger partial charge is 0.225 e. The molecule has 0 aromatic carbocycles. The van der Waals surface area contributed by atoms with E-state index < -0.39 is 5.60 Å². The molecule has 2 saturated carbocycles. The third-order valence-electron chi connectivity index (χ3n) is 5.07. The Morgan fingerprint density at radius 1 is 1.21 bits per heavy atom. The summed E-state index contributed by atoms with van der Waals surface area (Å²) < 4.78 is 5.80. The van der Waals surface area contributed by atoms with Crippen LogP contribution in [0.3, 0.4) is 0 Å². The van der Waals surface area contributed by atoms with Crippen molar-refractivity contribution in [3.05, 3.63) is 0 Å². The zero-order chi connectivity index (χ0) is 13.3. The SMILES string of the molecule is O=C(CC1(O)CCCC1)N1CCOC2CCCCC21. The van der Waals surface area contributed by atoms with Crippen LogP contribution in [0.15, 0.2) is 0 Å². The lowest BCUT2D eigenvalue weighted by atomic mass is 9.89. The molecule has 108 valence electrons. The van der Waals surface area contributed by atoms with Crippen molar-refractivity contribution in [2.45, 2.75) is 75.5 Å². The predicted octanol–water partition coefficient (Wildman–Crippen LogP) is 1.85. The number of hydrogen-bond acceptors (Lipinski definition) is 3. The summed E-state index contributed by atoms with van der Waals surface area (Å²) in [5.41, 5.74) is -0.723. The summed E-state index contributed by atoms with van der Waals surface area (Å²) in [5.74, 6) is 0.143. The third kappa shape index (κ3) is 2.79. The summed E-state index contributed by atoms with van der Waals surface area (Å²) in [6.45, 7) is 1.36. The van der Waals surface area contributed by atoms with Crippen molar-refractivity contribution in [1.29, 1.82) is 0 Å². The fourth-order valence-corrected chi connectivity index (χ4v) is 4.00. The van der Waals surface area contributed by atoms with E-state index in [0.29, 0.717) is 19.6 Å². The van der Waals surface area contributed by atoms with Crippen LogP contribution >= 0.6 is 0 Å². The minimum Gasteiger partial charge on any atom is -0.389 e. The van der Waals surface area contributed by atoms with Crippen LogP contribution in [-0.2, 0) is 9.53 Å². The number of carbonyl (C=O) groups is 1. The molecule has 2 atom stereocenters. The van der Waals surface area contributed by atoms with Crippen LogP contribution in [0.2, 0.25) is 0 Å². The molecule has 19 heavy (non-hydrogen) atoms. The van der Waals surface area contributed by atoms with E-state index in [1.165, 1.54) is 12.8 Å². The maximum absolute atomic E-state index is 12.5. The molecule has 0 spiro atoms. The summed E-state index contributed by atoms with van der Waals surface area (Å²) in [6.07, 6.45) is 8.80. The molecule has 1 N–H and O–H groups in total. The van der Waals surface area contributed by atoms with Crippen molar-refractivity contribution < 1.29 is 14.6 Å². The first-order chi connectivity index (χ1) is 9.18. The minimum absolute atomic E-state index is 0.143. The largest absolute Gasteiger partial charge is 0.389 e. The first-order valence-corrected chi connectivity index (χ1v) is 7.81. The molecule has 0 aromatic rings. The Labute approximate surface area is 115 Å². The van der Waals surface area contributed by atoms with E-state index >= 15 is 0 Å². The Bertz CT molecular complexity index is 336. The molecule has 0 bridgehead atoms. The van der Waals surface area contributed by atoms with Crippen LogP contribution < -0.4 is 0 Å². The van der Waals surface area contributed by atoms with Gasteiger partial charge in [0, 0.05) is 6.54 Å². The Hall–Kier alpha value is -0.610. The predicted molar refractivity (Wildman–Crippen MR) is 71.7 cm³/mol. The van der Waals surface area contributed by atoms with Crippen LogP contribution in [0, 0.1) is 0 Å². The van der Waals surface area contributed by atoms with E-state index in [-0.39, 0.29) is 18.1 Å². The molecule has 1 saturated heterocycles. The molecule has 4 heteroatoms. The van der Waals surface area contributed by atoms with E-state index in [1.807, 2.05) is 4.90 Å². The average molecular weight is 267 g/mol. The number of carbonyl (C=O) groups excluding carboxylic acids is 1. The molecule has 2 aliphatic carbocycles. The first-order valence-electron chi connectivity index (χ1n) is 7.81. The van der Waals surface area contributed by atoms with Crippen LogP contribution in [0.25, 0.3) is 0 Å². The van der Waals surface area contributed by atoms with Gasteiger partial charge in [0.15, 0.2) is 0 Å². The van der Waals surface area contributed by atoms with Gasteiger partial charge < -0.3 is 14.7 Å². The zero-order valence-electron chi connectivity index (χ0n) is 11.6. The van der Waals surface area contributed by atoms with E-state index in [1.54, 1.807) is 0 Å². The molecule has 1 amide bonds. The van der Waals surface area contributed by atoms with Crippen LogP contribution in [-0.4, -0.2) is 46.8 Å². The summed E-state index contributed by atoms with van der Waals surface area (Å²) >= 11 is 0. The lowest BCUT2D eigenvalue weighted by molar-refractivity contribution is -0.154. The maximum atomic E-state index is 12.5. The number of morpholine rings is 1. The van der Waals surface area contributed by atoms with Crippen LogP contribution in [0.4, 0.5) is 0 Å². The fraction of sp³-hybridized carbons (Fsp3) is 0.933. The number of ether oxygens (including phenoxy) is 1. The third-order valence-corrected chi connectivity index (χ3v) is 5.07. The van der Waals surface area contributed by atoms with Crippen LogP contribution in [0.5, 0.6) is 0 Å². The highest BCUT2D eigenvalue weighted by atomic mass is 16.5. The van der Waals surface area contributed by atoms with E-state index in [0.717, 1.165) is 38.5 Å². The van der Waals surface area contributed by atoms with Gasteiger partial charge in [0.2, 0.25) is 5.91 Å². The van der Waals surface area contributed by atoms with Crippen molar-refractivity contribution in [2.75, 3.05) is 13.2 Å². The fourth-order valence-electron chi connectivity index (χ4n) is 4.00. The molecule has 0 radical (unpaired) electrons. The van der Waals surface area contributed by atoms with Gasteiger partial charge in [-0.15, -0.1) is 0 Å². The van der Waals surface area contributed by atoms with Crippen molar-refractivity contribution in [2.24, 2.45) is 0 Å². The van der Waals surface area contributed by atoms with Gasteiger partial charge in [0.05, 0.1) is 30.8 Å². The second-order valence-electron chi connectivity index (χ2n) is 6.46. The van der Waals surface area contributed by atoms with Crippen molar-refractivity contribution in [3.63, 3.8) is 0 Å². The second-order valence-corrected chi connectivity index (χ2v) is 6.46. The minimum atomic E-state index is -0.723. The number of nitrogens with zero attached hydrogens (tertiary/aromatic N) is 1. The molecule has 3 fully saturated rings. The first kappa shape index (κ1) is 13.4. The lowest BCUT2D eigenvalue weighted by Crippen LogP contribution is -2.55. The maximum Gasteiger partial charge on any atom is 0.225 e. The lowest BCUT2D eigenvalue weighted by Gasteiger charge is -2.44. The average Bonchev–Trinajstić information content (AvgIpc) is 2.84. The van der Waals surface area contributed by atoms with Gasteiger partial charge in [-0.05, 0) is 25.7 Å². The Morgan fingerprint density at radius 3 is 2.74 bits per heavy atom. The molecule has 1 aliphatic heterocycles. The Morgan fingerprint density at radius 2 is 1.95 bits per heavy atom. The summed E-state index contributed by atoms with van der Waals surface area (Å²) in [5, 5.41) is 10.4. The topological polar surface area (TPSA) is 49.8 Å². The summed E-state index contributed by atoms with van der Waals surface area (Å²) in [7, 11) is 0. The van der Waals surface area contributed by atoms with Gasteiger partial charge in [-0.3, -0.25) is 4.79 Å². The number of rotatable bonds is 2. The molecule has 4 nitrogen and oxygen atoms in total. The number of hydrogen-bond donors (Lipinski definition) is 1. The van der Waals surface area contributed by atoms with Gasteiger partial charge in [-0.25, -0.2) is 0 Å². The van der Waals surface area contributed by atoms with Gasteiger partial charge in [-0.2, -0.15) is 0 Å². The van der Waals surface area contributed by atoms with Crippen molar-refractivity contribution >= 4 is 5.91 Å². The van der Waals surface area contributed by atoms with Crippen molar-refractivity contribution in [1.82, 2.24) is 4.90 Å². The van der Waals surface area contributed by atoms with Gasteiger partial charge in [0.1, 0.15) is 0 Å². The Kier molecular flexibility index (Phi) is 3.81. The van der Waals surface area contributed by atoms with Crippen LogP contribution in [0.1, 0.15) is 57.8 Å². The van der Waals surface area contributed by atoms with Crippen molar-refractivity contribution in [3.8, 4) is 0 Å². The molecule has 3 aliphatic rings. The standard InChI is InChI=1S/C15H25NO3/c17-14(11-15(18)7-3-4-8-15)16-9-10-19-13-6-2-1-5-12(13)16/h12-13,18H,1-11H2.